The van der Waals surface area contributed by atoms with Gasteiger partial charge < -0.3 is 14.9 Å². The Bertz CT molecular complexity index is 966. The van der Waals surface area contributed by atoms with E-state index in [0.717, 1.165) is 31.0 Å². The second kappa shape index (κ2) is 11.7. The van der Waals surface area contributed by atoms with Gasteiger partial charge in [0, 0.05) is 29.5 Å². The van der Waals surface area contributed by atoms with E-state index in [9.17, 15) is 22.8 Å². The molecule has 0 aliphatic carbocycles. The molecular weight excluding hydrogens is 461 g/mol. The number of carbonyl (C=O) groups excluding carboxylic acids is 2. The average molecular weight is 497 g/mol. The fourth-order valence-corrected chi connectivity index (χ4v) is 3.69. The first-order valence-corrected chi connectivity index (χ1v) is 11.9. The third-order valence-corrected chi connectivity index (χ3v) is 6.16. The molecule has 1 atom stereocenters. The van der Waals surface area contributed by atoms with Crippen LogP contribution < -0.4 is 5.32 Å². The zero-order valence-electron chi connectivity index (χ0n) is 21.1. The molecule has 1 N–H and O–H groups in total. The summed E-state index contributed by atoms with van der Waals surface area (Å²) in [5, 5.41) is 7.23. The summed E-state index contributed by atoms with van der Waals surface area (Å²) >= 11 is 0. The number of benzene rings is 1. The molecule has 1 amide bonds. The minimum absolute atomic E-state index is 0.0337. The number of ether oxygens (including phenoxy) is 1. The van der Waals surface area contributed by atoms with E-state index >= 15 is 0 Å². The molecule has 0 spiro atoms. The summed E-state index contributed by atoms with van der Waals surface area (Å²) in [4.78, 5) is 31.3. The van der Waals surface area contributed by atoms with Crippen molar-refractivity contribution >= 4 is 17.6 Å². The van der Waals surface area contributed by atoms with Crippen LogP contribution in [0.25, 0.3) is 0 Å². The maximum atomic E-state index is 13.3. The number of rotatable bonds is 4. The topological polar surface area (TPSA) is 77.0 Å². The number of cyclic esters (lactones) is 1. The largest absolute Gasteiger partial charge is 0.459 e. The van der Waals surface area contributed by atoms with Crippen molar-refractivity contribution < 1.29 is 32.3 Å². The SMILES string of the molecule is C=C1Cc2cc(C(F)(F)F)ccc2C(=O)NCC(C)(C)/C(=N/OC(CC)CC)CCC(C)OC1=O. The number of hydrogen-bond donors (Lipinski definition) is 1. The van der Waals surface area contributed by atoms with Crippen molar-refractivity contribution in [3.05, 3.63) is 47.0 Å². The highest BCUT2D eigenvalue weighted by Crippen LogP contribution is 2.32. The third-order valence-electron chi connectivity index (χ3n) is 6.16. The minimum Gasteiger partial charge on any atom is -0.459 e. The molecule has 1 aliphatic rings. The number of esters is 1. The lowest BCUT2D eigenvalue weighted by atomic mass is 9.84. The number of fused-ring (bicyclic) bond motifs is 1. The van der Waals surface area contributed by atoms with E-state index in [-0.39, 0.29) is 35.8 Å². The van der Waals surface area contributed by atoms with Gasteiger partial charge in [0.05, 0.1) is 17.4 Å². The van der Waals surface area contributed by atoms with E-state index in [1.54, 1.807) is 6.92 Å². The molecule has 9 heteroatoms. The Morgan fingerprint density at radius 1 is 1.26 bits per heavy atom. The van der Waals surface area contributed by atoms with Gasteiger partial charge in [-0.2, -0.15) is 13.2 Å². The lowest BCUT2D eigenvalue weighted by molar-refractivity contribution is -0.143. The predicted molar refractivity (Wildman–Crippen MR) is 128 cm³/mol. The van der Waals surface area contributed by atoms with Crippen molar-refractivity contribution in [3.8, 4) is 0 Å². The van der Waals surface area contributed by atoms with Crippen LogP contribution in [-0.2, 0) is 27.0 Å². The number of oxime groups is 1. The number of nitrogens with zero attached hydrogens (tertiary/aromatic N) is 1. The van der Waals surface area contributed by atoms with Crippen LogP contribution in [0, 0.1) is 5.41 Å². The van der Waals surface area contributed by atoms with Gasteiger partial charge in [-0.25, -0.2) is 4.79 Å². The van der Waals surface area contributed by atoms with E-state index < -0.39 is 35.1 Å². The van der Waals surface area contributed by atoms with E-state index in [4.69, 9.17) is 9.57 Å². The summed E-state index contributed by atoms with van der Waals surface area (Å²) in [5.41, 5.74) is -0.782. The predicted octanol–water partition coefficient (Wildman–Crippen LogP) is 5.85. The first kappa shape index (κ1) is 28.4. The third kappa shape index (κ3) is 7.83. The lowest BCUT2D eigenvalue weighted by Gasteiger charge is -2.28. The highest BCUT2D eigenvalue weighted by atomic mass is 19.4. The van der Waals surface area contributed by atoms with Crippen LogP contribution in [0.4, 0.5) is 13.2 Å². The molecule has 6 nitrogen and oxygen atoms in total. The monoisotopic (exact) mass is 496 g/mol. The number of hydrogen-bond acceptors (Lipinski definition) is 5. The Labute approximate surface area is 204 Å². The molecule has 35 heavy (non-hydrogen) atoms. The lowest BCUT2D eigenvalue weighted by Crippen LogP contribution is -2.40. The molecule has 0 saturated carbocycles. The summed E-state index contributed by atoms with van der Waals surface area (Å²) in [7, 11) is 0. The molecule has 0 bridgehead atoms. The molecule has 1 aromatic carbocycles. The number of alkyl halides is 3. The van der Waals surface area contributed by atoms with E-state index in [1.807, 2.05) is 27.7 Å². The molecule has 0 saturated heterocycles. The van der Waals surface area contributed by atoms with E-state index in [0.29, 0.717) is 18.6 Å². The number of carbonyl (C=O) groups is 2. The van der Waals surface area contributed by atoms with E-state index in [2.05, 4.69) is 17.1 Å². The van der Waals surface area contributed by atoms with Crippen LogP contribution in [-0.4, -0.2) is 36.3 Å². The number of halogens is 3. The molecule has 1 aromatic rings. The van der Waals surface area contributed by atoms with Crippen LogP contribution in [0.15, 0.2) is 35.5 Å². The van der Waals surface area contributed by atoms with Crippen LogP contribution in [0.1, 0.15) is 81.8 Å². The maximum absolute atomic E-state index is 13.3. The second-order valence-electron chi connectivity index (χ2n) is 9.55. The Hall–Kier alpha value is -2.84. The normalized spacial score (nSPS) is 21.2. The molecule has 1 heterocycles. The molecular formula is C26H35F3N2O4. The summed E-state index contributed by atoms with van der Waals surface area (Å²) in [5.74, 6) is -1.27. The van der Waals surface area contributed by atoms with Gasteiger partial charge in [0.25, 0.3) is 5.91 Å². The van der Waals surface area contributed by atoms with E-state index in [1.165, 1.54) is 0 Å². The van der Waals surface area contributed by atoms with Crippen LogP contribution >= 0.6 is 0 Å². The van der Waals surface area contributed by atoms with Crippen molar-refractivity contribution in [2.75, 3.05) is 6.54 Å². The first-order chi connectivity index (χ1) is 16.3. The average Bonchev–Trinajstić information content (AvgIpc) is 2.78. The second-order valence-corrected chi connectivity index (χ2v) is 9.55. The van der Waals surface area contributed by atoms with Crippen molar-refractivity contribution in [3.63, 3.8) is 0 Å². The Kier molecular flexibility index (Phi) is 9.52. The van der Waals surface area contributed by atoms with Crippen LogP contribution in [0.2, 0.25) is 0 Å². The van der Waals surface area contributed by atoms with Crippen LogP contribution in [0.3, 0.4) is 0 Å². The van der Waals surface area contributed by atoms with Crippen LogP contribution in [0.5, 0.6) is 0 Å². The standard InChI is InChI=1S/C26H35F3N2O4/c1-7-20(8-2)35-31-22-12-9-17(4)34-24(33)16(3)13-18-14-19(26(27,28)29)10-11-21(18)23(32)30-15-25(22,5)6/h10-11,14,17,20H,3,7-9,12-13,15H2,1-2,4-6H3,(H,30,32)/b31-22+. The summed E-state index contributed by atoms with van der Waals surface area (Å²) in [6.45, 7) is 13.4. The molecule has 0 aromatic heterocycles. The van der Waals surface area contributed by atoms with Crippen molar-refractivity contribution in [2.45, 2.75) is 85.1 Å². The quantitative estimate of drug-likeness (QED) is 0.322. The van der Waals surface area contributed by atoms with Gasteiger partial charge in [0.2, 0.25) is 0 Å². The minimum atomic E-state index is -4.59. The zero-order chi connectivity index (χ0) is 26.4. The molecule has 1 aliphatic heterocycles. The fourth-order valence-electron chi connectivity index (χ4n) is 3.69. The van der Waals surface area contributed by atoms with Gasteiger partial charge in [0.1, 0.15) is 6.10 Å². The number of nitrogens with one attached hydrogen (secondary N) is 1. The van der Waals surface area contributed by atoms with Gasteiger partial charge in [-0.15, -0.1) is 0 Å². The van der Waals surface area contributed by atoms with Gasteiger partial charge in [-0.3, -0.25) is 4.79 Å². The molecule has 2 rings (SSSR count). The fraction of sp³-hybridized carbons (Fsp3) is 0.577. The molecule has 194 valence electrons. The van der Waals surface area contributed by atoms with Gasteiger partial charge in [0.15, 0.2) is 0 Å². The summed E-state index contributed by atoms with van der Waals surface area (Å²) < 4.78 is 45.4. The molecule has 0 fully saturated rings. The van der Waals surface area contributed by atoms with Crippen molar-refractivity contribution in [1.29, 1.82) is 0 Å². The Morgan fingerprint density at radius 2 is 1.91 bits per heavy atom. The summed E-state index contributed by atoms with van der Waals surface area (Å²) in [6.07, 6.45) is -2.86. The summed E-state index contributed by atoms with van der Waals surface area (Å²) in [6, 6.07) is 2.86. The Morgan fingerprint density at radius 3 is 2.51 bits per heavy atom. The molecule has 1 unspecified atom stereocenters. The highest BCUT2D eigenvalue weighted by Gasteiger charge is 2.33. The zero-order valence-corrected chi connectivity index (χ0v) is 21.1. The van der Waals surface area contributed by atoms with Gasteiger partial charge in [-0.05, 0) is 56.4 Å². The smallest absolute Gasteiger partial charge is 0.416 e. The van der Waals surface area contributed by atoms with Gasteiger partial charge in [-0.1, -0.05) is 39.4 Å². The molecule has 0 radical (unpaired) electrons. The highest BCUT2D eigenvalue weighted by molar-refractivity contribution is 5.97. The Balaban J connectivity index is 2.46. The maximum Gasteiger partial charge on any atom is 0.416 e. The van der Waals surface area contributed by atoms with Gasteiger partial charge >= 0.3 is 12.1 Å². The number of amides is 1. The van der Waals surface area contributed by atoms with Crippen molar-refractivity contribution in [1.82, 2.24) is 5.32 Å². The van der Waals surface area contributed by atoms with Crippen molar-refractivity contribution in [2.24, 2.45) is 10.6 Å². The first-order valence-electron chi connectivity index (χ1n) is 11.9.